The van der Waals surface area contributed by atoms with Gasteiger partial charge in [-0.3, -0.25) is 4.79 Å². The quantitative estimate of drug-likeness (QED) is 0.489. The van der Waals surface area contributed by atoms with Crippen LogP contribution in [0, 0.1) is 6.92 Å². The lowest BCUT2D eigenvalue weighted by molar-refractivity contribution is -0.130. The molecule has 0 bridgehead atoms. The third-order valence-corrected chi connectivity index (χ3v) is 6.78. The Hall–Kier alpha value is -4.01. The number of carbonyl (C=O) groups is 1. The minimum Gasteiger partial charge on any atom is -0.472 e. The minimum absolute atomic E-state index is 0.0623. The first-order chi connectivity index (χ1) is 17.4. The van der Waals surface area contributed by atoms with E-state index >= 15 is 0 Å². The SMILES string of the molecule is CCC(C)(C)c1c(OCC2=CC=CC=C(C(=O)N3CCC3)C=C2)nn2c(-c3cc(C)on3)nncc12. The van der Waals surface area contributed by atoms with Crippen LogP contribution in [0.15, 0.2) is 64.4 Å². The molecule has 186 valence electrons. The molecular weight excluding hydrogens is 456 g/mol. The molecule has 3 aromatic heterocycles. The molecule has 36 heavy (non-hydrogen) atoms. The van der Waals surface area contributed by atoms with Crippen molar-refractivity contribution < 1.29 is 14.1 Å². The van der Waals surface area contributed by atoms with Crippen LogP contribution in [0.2, 0.25) is 0 Å². The van der Waals surface area contributed by atoms with E-state index in [1.165, 1.54) is 0 Å². The molecular formula is C27H30N6O3. The molecule has 2 aliphatic rings. The van der Waals surface area contributed by atoms with E-state index in [9.17, 15) is 4.79 Å². The van der Waals surface area contributed by atoms with Gasteiger partial charge in [0, 0.05) is 30.3 Å². The molecule has 3 aromatic rings. The Morgan fingerprint density at radius 3 is 2.69 bits per heavy atom. The second kappa shape index (κ2) is 9.56. The maximum atomic E-state index is 12.7. The highest BCUT2D eigenvalue weighted by Gasteiger charge is 2.30. The molecule has 0 atom stereocenters. The van der Waals surface area contributed by atoms with Crippen molar-refractivity contribution in [3.05, 3.63) is 71.2 Å². The van der Waals surface area contributed by atoms with Crippen LogP contribution < -0.4 is 4.74 Å². The number of aryl methyl sites for hydroxylation is 1. The second-order valence-corrected chi connectivity index (χ2v) is 9.72. The lowest BCUT2D eigenvalue weighted by atomic mass is 9.83. The van der Waals surface area contributed by atoms with Gasteiger partial charge >= 0.3 is 0 Å². The molecule has 0 spiro atoms. The van der Waals surface area contributed by atoms with Gasteiger partial charge in [-0.15, -0.1) is 10.2 Å². The van der Waals surface area contributed by atoms with Gasteiger partial charge in [-0.1, -0.05) is 50.2 Å². The third-order valence-electron chi connectivity index (χ3n) is 6.78. The maximum Gasteiger partial charge on any atom is 0.253 e. The number of carbonyl (C=O) groups excluding carboxylic acids is 1. The first-order valence-electron chi connectivity index (χ1n) is 12.2. The number of nitrogens with zero attached hydrogens (tertiary/aromatic N) is 6. The fraction of sp³-hybridized carbons (Fsp3) is 0.370. The van der Waals surface area contributed by atoms with Gasteiger partial charge in [-0.25, -0.2) is 4.52 Å². The molecule has 1 amide bonds. The Morgan fingerprint density at radius 2 is 2.00 bits per heavy atom. The summed E-state index contributed by atoms with van der Waals surface area (Å²) in [5.74, 6) is 1.75. The summed E-state index contributed by atoms with van der Waals surface area (Å²) in [5.41, 5.74) is 3.70. The van der Waals surface area contributed by atoms with Crippen molar-refractivity contribution in [2.75, 3.05) is 19.7 Å². The smallest absolute Gasteiger partial charge is 0.253 e. The predicted molar refractivity (Wildman–Crippen MR) is 135 cm³/mol. The highest BCUT2D eigenvalue weighted by Crippen LogP contribution is 2.38. The molecule has 1 saturated heterocycles. The highest BCUT2D eigenvalue weighted by molar-refractivity contribution is 5.97. The van der Waals surface area contributed by atoms with Gasteiger partial charge in [0.15, 0.2) is 5.69 Å². The van der Waals surface area contributed by atoms with Gasteiger partial charge in [-0.2, -0.15) is 5.10 Å². The number of fused-ring (bicyclic) bond motifs is 1. The maximum absolute atomic E-state index is 12.7. The third kappa shape index (κ3) is 4.48. The molecule has 1 aliphatic heterocycles. The molecule has 1 aliphatic carbocycles. The van der Waals surface area contributed by atoms with Crippen molar-refractivity contribution in [3.63, 3.8) is 0 Å². The van der Waals surface area contributed by atoms with Crippen LogP contribution in [0.4, 0.5) is 0 Å². The topological polar surface area (TPSA) is 98.7 Å². The van der Waals surface area contributed by atoms with Crippen LogP contribution in [0.25, 0.3) is 17.0 Å². The summed E-state index contributed by atoms with van der Waals surface area (Å²) in [5, 5.41) is 17.4. The average Bonchev–Trinajstić information content (AvgIpc) is 3.41. The van der Waals surface area contributed by atoms with Crippen molar-refractivity contribution in [2.45, 2.75) is 46.0 Å². The molecule has 0 unspecified atom stereocenters. The van der Waals surface area contributed by atoms with Crippen molar-refractivity contribution in [1.82, 2.24) is 29.9 Å². The molecule has 0 N–H and O–H groups in total. The molecule has 4 heterocycles. The number of allylic oxidation sites excluding steroid dienone is 4. The standard InChI is InChI=1S/C27H30N6O3/c1-5-27(3,4)23-22-16-28-29-24(21-15-18(2)36-31-21)33(22)30-25(23)35-17-19-9-6-7-10-20(12-11-19)26(34)32-13-8-14-32/h6-7,9-12,15-16H,5,8,13-14,17H2,1-4H3. The lowest BCUT2D eigenvalue weighted by Gasteiger charge is -2.31. The van der Waals surface area contributed by atoms with Gasteiger partial charge in [0.25, 0.3) is 5.91 Å². The van der Waals surface area contributed by atoms with Gasteiger partial charge in [0.2, 0.25) is 11.7 Å². The van der Waals surface area contributed by atoms with Crippen LogP contribution in [0.1, 0.15) is 44.9 Å². The van der Waals surface area contributed by atoms with Crippen LogP contribution in [-0.2, 0) is 10.2 Å². The number of hydrogen-bond donors (Lipinski definition) is 0. The summed E-state index contributed by atoms with van der Waals surface area (Å²) < 4.78 is 13.3. The lowest BCUT2D eigenvalue weighted by Crippen LogP contribution is -2.42. The van der Waals surface area contributed by atoms with Crippen LogP contribution in [0.5, 0.6) is 5.88 Å². The number of amides is 1. The molecule has 9 heteroatoms. The zero-order valence-corrected chi connectivity index (χ0v) is 21.1. The fourth-order valence-corrected chi connectivity index (χ4v) is 4.16. The van der Waals surface area contributed by atoms with Crippen LogP contribution in [-0.4, -0.2) is 55.5 Å². The first kappa shape index (κ1) is 23.7. The normalized spacial score (nSPS) is 15.8. The number of hydrogen-bond acceptors (Lipinski definition) is 7. The summed E-state index contributed by atoms with van der Waals surface area (Å²) in [6.45, 7) is 10.2. The summed E-state index contributed by atoms with van der Waals surface area (Å²) >= 11 is 0. The van der Waals surface area contributed by atoms with Crippen LogP contribution in [0.3, 0.4) is 0 Å². The Labute approximate surface area is 209 Å². The van der Waals surface area contributed by atoms with E-state index in [-0.39, 0.29) is 11.3 Å². The van der Waals surface area contributed by atoms with E-state index in [0.717, 1.165) is 42.6 Å². The highest BCUT2D eigenvalue weighted by atomic mass is 16.5. The molecule has 0 radical (unpaired) electrons. The molecule has 0 saturated carbocycles. The molecule has 5 rings (SSSR count). The first-order valence-corrected chi connectivity index (χ1v) is 12.2. The number of ether oxygens (including phenoxy) is 1. The van der Waals surface area contributed by atoms with E-state index in [1.54, 1.807) is 16.8 Å². The van der Waals surface area contributed by atoms with Crippen molar-refractivity contribution in [3.8, 4) is 17.4 Å². The number of likely N-dealkylation sites (tertiary alicyclic amines) is 1. The minimum atomic E-state index is -0.221. The Bertz CT molecular complexity index is 1420. The zero-order chi connectivity index (χ0) is 25.3. The monoisotopic (exact) mass is 486 g/mol. The summed E-state index contributed by atoms with van der Waals surface area (Å²) in [6.07, 6.45) is 15.1. The summed E-state index contributed by atoms with van der Waals surface area (Å²) in [4.78, 5) is 14.5. The van der Waals surface area contributed by atoms with Gasteiger partial charge in [-0.05, 0) is 42.9 Å². The number of rotatable bonds is 7. The van der Waals surface area contributed by atoms with Crippen molar-refractivity contribution >= 4 is 11.4 Å². The van der Waals surface area contributed by atoms with Gasteiger partial charge < -0.3 is 14.2 Å². The Balaban J connectivity index is 1.45. The Morgan fingerprint density at radius 1 is 1.19 bits per heavy atom. The van der Waals surface area contributed by atoms with E-state index < -0.39 is 0 Å². The van der Waals surface area contributed by atoms with Gasteiger partial charge in [0.05, 0.1) is 11.7 Å². The second-order valence-electron chi connectivity index (χ2n) is 9.72. The molecule has 1 fully saturated rings. The van der Waals surface area contributed by atoms with Gasteiger partial charge in [0.1, 0.15) is 12.4 Å². The fourth-order valence-electron chi connectivity index (χ4n) is 4.16. The van der Waals surface area contributed by atoms with Crippen LogP contribution >= 0.6 is 0 Å². The molecule has 9 nitrogen and oxygen atoms in total. The van der Waals surface area contributed by atoms with E-state index in [0.29, 0.717) is 35.3 Å². The van der Waals surface area contributed by atoms with Crippen molar-refractivity contribution in [2.24, 2.45) is 0 Å². The van der Waals surface area contributed by atoms with E-state index in [1.807, 2.05) is 48.3 Å². The average molecular weight is 487 g/mol. The Kier molecular flexibility index (Phi) is 6.30. The van der Waals surface area contributed by atoms with Crippen molar-refractivity contribution in [1.29, 1.82) is 0 Å². The summed E-state index contributed by atoms with van der Waals surface area (Å²) in [7, 11) is 0. The largest absolute Gasteiger partial charge is 0.472 e. The summed E-state index contributed by atoms with van der Waals surface area (Å²) in [6, 6.07) is 1.80. The number of aromatic nitrogens is 5. The van der Waals surface area contributed by atoms with E-state index in [4.69, 9.17) is 14.4 Å². The molecule has 0 aromatic carbocycles. The zero-order valence-electron chi connectivity index (χ0n) is 21.1. The predicted octanol–water partition coefficient (Wildman–Crippen LogP) is 4.37. The van der Waals surface area contributed by atoms with E-state index in [2.05, 4.69) is 36.1 Å².